The number of ether oxygens (including phenoxy) is 2. The number of alkyl carbamates (subject to hydrolysis) is 1. The Morgan fingerprint density at radius 1 is 1.29 bits per heavy atom. The zero-order valence-electron chi connectivity index (χ0n) is 10.7. The summed E-state index contributed by atoms with van der Waals surface area (Å²) in [6, 6.07) is 7.72. The maximum absolute atomic E-state index is 11.2. The van der Waals surface area contributed by atoms with Crippen LogP contribution in [-0.4, -0.2) is 25.9 Å². The van der Waals surface area contributed by atoms with E-state index in [0.717, 1.165) is 11.3 Å². The molecule has 0 spiro atoms. The van der Waals surface area contributed by atoms with E-state index in [9.17, 15) is 4.79 Å². The third kappa shape index (κ3) is 4.34. The van der Waals surface area contributed by atoms with E-state index in [1.165, 1.54) is 0 Å². The predicted molar refractivity (Wildman–Crippen MR) is 66.3 cm³/mol. The first kappa shape index (κ1) is 13.4. The van der Waals surface area contributed by atoms with Gasteiger partial charge >= 0.3 is 6.09 Å². The van der Waals surface area contributed by atoms with E-state index in [0.29, 0.717) is 6.42 Å². The summed E-state index contributed by atoms with van der Waals surface area (Å²) in [5.41, 5.74) is 0.564. The molecule has 1 aromatic carbocycles. The number of methoxy groups -OCH3 is 1. The van der Waals surface area contributed by atoms with Crippen molar-refractivity contribution >= 4 is 6.09 Å². The lowest BCUT2D eigenvalue weighted by atomic mass is 9.98. The molecule has 0 saturated heterocycles. The van der Waals surface area contributed by atoms with Gasteiger partial charge in [0.2, 0.25) is 0 Å². The lowest BCUT2D eigenvalue weighted by molar-refractivity contribution is 0.0406. The van der Waals surface area contributed by atoms with Gasteiger partial charge in [0.15, 0.2) is 0 Å². The minimum absolute atomic E-state index is 0.413. The van der Waals surface area contributed by atoms with Crippen LogP contribution < -0.4 is 10.1 Å². The Morgan fingerprint density at radius 2 is 1.88 bits per heavy atom. The van der Waals surface area contributed by atoms with Crippen LogP contribution in [0.2, 0.25) is 0 Å². The Morgan fingerprint density at radius 3 is 2.35 bits per heavy atom. The second-order valence-electron chi connectivity index (χ2n) is 4.42. The highest BCUT2D eigenvalue weighted by Gasteiger charge is 2.22. The van der Waals surface area contributed by atoms with Crippen LogP contribution in [0, 0.1) is 0 Å². The Bertz CT molecular complexity index is 371. The van der Waals surface area contributed by atoms with Gasteiger partial charge in [0.05, 0.1) is 7.11 Å². The highest BCUT2D eigenvalue weighted by atomic mass is 16.6. The molecular formula is C13H19NO3. The molecule has 0 aliphatic rings. The standard InChI is InChI=1S/C13H19NO3/c1-13(2,17-12(15)14-3)9-10-5-7-11(16-4)8-6-10/h5-8H,9H2,1-4H3,(H,14,15). The molecule has 4 nitrogen and oxygen atoms in total. The summed E-state index contributed by atoms with van der Waals surface area (Å²) in [5.74, 6) is 0.818. The number of hydrogen-bond acceptors (Lipinski definition) is 3. The average Bonchev–Trinajstić information content (AvgIpc) is 2.28. The highest BCUT2D eigenvalue weighted by Crippen LogP contribution is 2.19. The molecular weight excluding hydrogens is 218 g/mol. The maximum Gasteiger partial charge on any atom is 0.407 e. The van der Waals surface area contributed by atoms with Crippen LogP contribution in [0.4, 0.5) is 4.79 Å². The number of amides is 1. The molecule has 0 heterocycles. The van der Waals surface area contributed by atoms with Crippen LogP contribution >= 0.6 is 0 Å². The topological polar surface area (TPSA) is 47.6 Å². The van der Waals surface area contributed by atoms with Gasteiger partial charge < -0.3 is 14.8 Å². The molecule has 0 aromatic heterocycles. The summed E-state index contributed by atoms with van der Waals surface area (Å²) in [7, 11) is 3.18. The van der Waals surface area contributed by atoms with Gasteiger partial charge in [0, 0.05) is 13.5 Å². The molecule has 0 radical (unpaired) electrons. The molecule has 0 bridgehead atoms. The molecule has 94 valence electrons. The van der Waals surface area contributed by atoms with E-state index in [1.54, 1.807) is 14.2 Å². The Labute approximate surface area is 102 Å². The number of rotatable bonds is 4. The van der Waals surface area contributed by atoms with Gasteiger partial charge in [-0.05, 0) is 31.5 Å². The Balaban J connectivity index is 2.65. The number of hydrogen-bond donors (Lipinski definition) is 1. The smallest absolute Gasteiger partial charge is 0.407 e. The molecule has 0 aliphatic heterocycles. The Kier molecular flexibility index (Phi) is 4.37. The fraction of sp³-hybridized carbons (Fsp3) is 0.462. The van der Waals surface area contributed by atoms with E-state index in [2.05, 4.69) is 5.32 Å². The first-order valence-electron chi connectivity index (χ1n) is 5.50. The van der Waals surface area contributed by atoms with Gasteiger partial charge in [0.25, 0.3) is 0 Å². The van der Waals surface area contributed by atoms with Crippen LogP contribution in [0.1, 0.15) is 19.4 Å². The summed E-state index contributed by atoms with van der Waals surface area (Å²) in [4.78, 5) is 11.2. The van der Waals surface area contributed by atoms with Gasteiger partial charge in [-0.25, -0.2) is 4.79 Å². The largest absolute Gasteiger partial charge is 0.497 e. The van der Waals surface area contributed by atoms with Crippen molar-refractivity contribution in [3.8, 4) is 5.75 Å². The van der Waals surface area contributed by atoms with Gasteiger partial charge in [-0.15, -0.1) is 0 Å². The minimum atomic E-state index is -0.533. The van der Waals surface area contributed by atoms with Gasteiger partial charge in [-0.3, -0.25) is 0 Å². The van der Waals surface area contributed by atoms with Crippen molar-refractivity contribution in [3.05, 3.63) is 29.8 Å². The van der Waals surface area contributed by atoms with Crippen molar-refractivity contribution in [2.24, 2.45) is 0 Å². The first-order valence-corrected chi connectivity index (χ1v) is 5.50. The zero-order valence-corrected chi connectivity index (χ0v) is 10.7. The number of benzene rings is 1. The van der Waals surface area contributed by atoms with E-state index >= 15 is 0 Å². The third-order valence-electron chi connectivity index (χ3n) is 2.36. The fourth-order valence-electron chi connectivity index (χ4n) is 1.57. The second kappa shape index (κ2) is 5.57. The van der Waals surface area contributed by atoms with Crippen molar-refractivity contribution in [2.45, 2.75) is 25.9 Å². The molecule has 1 rings (SSSR count). The van der Waals surface area contributed by atoms with Crippen LogP contribution in [-0.2, 0) is 11.2 Å². The van der Waals surface area contributed by atoms with Crippen molar-refractivity contribution in [1.82, 2.24) is 5.32 Å². The molecule has 0 saturated carbocycles. The lowest BCUT2D eigenvalue weighted by Gasteiger charge is -2.24. The van der Waals surface area contributed by atoms with Crippen LogP contribution in [0.5, 0.6) is 5.75 Å². The molecule has 1 aromatic rings. The summed E-state index contributed by atoms with van der Waals surface area (Å²) in [6.07, 6.45) is 0.244. The van der Waals surface area contributed by atoms with Crippen molar-refractivity contribution in [2.75, 3.05) is 14.2 Å². The van der Waals surface area contributed by atoms with E-state index < -0.39 is 11.7 Å². The molecule has 1 N–H and O–H groups in total. The molecule has 1 amide bonds. The van der Waals surface area contributed by atoms with E-state index in [4.69, 9.17) is 9.47 Å². The summed E-state index contributed by atoms with van der Waals surface area (Å²) in [5, 5.41) is 2.44. The van der Waals surface area contributed by atoms with Crippen LogP contribution in [0.3, 0.4) is 0 Å². The lowest BCUT2D eigenvalue weighted by Crippen LogP contribution is -2.34. The summed E-state index contributed by atoms with van der Waals surface area (Å²) >= 11 is 0. The second-order valence-corrected chi connectivity index (χ2v) is 4.42. The summed E-state index contributed by atoms with van der Waals surface area (Å²) < 4.78 is 10.4. The first-order chi connectivity index (χ1) is 7.96. The molecule has 0 unspecified atom stereocenters. The number of nitrogens with one attached hydrogen (secondary N) is 1. The number of carbonyl (C=O) groups is 1. The van der Waals surface area contributed by atoms with Crippen LogP contribution in [0.15, 0.2) is 24.3 Å². The van der Waals surface area contributed by atoms with Gasteiger partial charge in [0.1, 0.15) is 11.4 Å². The Hall–Kier alpha value is -1.71. The number of carbonyl (C=O) groups excluding carboxylic acids is 1. The predicted octanol–water partition coefficient (Wildman–Crippen LogP) is 2.37. The fourth-order valence-corrected chi connectivity index (χ4v) is 1.57. The maximum atomic E-state index is 11.2. The third-order valence-corrected chi connectivity index (χ3v) is 2.36. The van der Waals surface area contributed by atoms with E-state index in [-0.39, 0.29) is 0 Å². The van der Waals surface area contributed by atoms with E-state index in [1.807, 2.05) is 38.1 Å². The average molecular weight is 237 g/mol. The minimum Gasteiger partial charge on any atom is -0.497 e. The highest BCUT2D eigenvalue weighted by molar-refractivity contribution is 5.67. The van der Waals surface area contributed by atoms with Crippen LogP contribution in [0.25, 0.3) is 0 Å². The van der Waals surface area contributed by atoms with Crippen molar-refractivity contribution < 1.29 is 14.3 Å². The SMILES string of the molecule is CNC(=O)OC(C)(C)Cc1ccc(OC)cc1. The molecule has 0 aliphatic carbocycles. The van der Waals surface area contributed by atoms with Crippen molar-refractivity contribution in [1.29, 1.82) is 0 Å². The summed E-state index contributed by atoms with van der Waals surface area (Å²) in [6.45, 7) is 3.76. The monoisotopic (exact) mass is 237 g/mol. The molecule has 0 fully saturated rings. The van der Waals surface area contributed by atoms with Gasteiger partial charge in [-0.1, -0.05) is 12.1 Å². The molecule has 4 heteroatoms. The quantitative estimate of drug-likeness (QED) is 0.874. The molecule has 17 heavy (non-hydrogen) atoms. The normalized spacial score (nSPS) is 10.8. The van der Waals surface area contributed by atoms with Gasteiger partial charge in [-0.2, -0.15) is 0 Å². The van der Waals surface area contributed by atoms with Crippen molar-refractivity contribution in [3.63, 3.8) is 0 Å². The zero-order chi connectivity index (χ0) is 12.9. The molecule has 0 atom stereocenters.